The molecule has 1 aliphatic rings. The third kappa shape index (κ3) is 2.63. The highest BCUT2D eigenvalue weighted by Gasteiger charge is 2.36. The van der Waals surface area contributed by atoms with E-state index in [9.17, 15) is 9.18 Å². The van der Waals surface area contributed by atoms with Crippen molar-refractivity contribution >= 4 is 39.5 Å². The number of furan rings is 1. The van der Waals surface area contributed by atoms with Crippen LogP contribution in [0.1, 0.15) is 37.5 Å². The number of aryl methyl sites for hydroxylation is 1. The molecule has 0 radical (unpaired) electrons. The Balaban J connectivity index is 1.61. The first-order valence-electron chi connectivity index (χ1n) is 8.73. The van der Waals surface area contributed by atoms with Crippen LogP contribution in [-0.4, -0.2) is 17.4 Å². The predicted octanol–water partition coefficient (Wildman–Crippen LogP) is 5.79. The molecule has 0 saturated heterocycles. The maximum atomic E-state index is 13.6. The molecule has 0 fully saturated rings. The van der Waals surface area contributed by atoms with Crippen molar-refractivity contribution in [2.45, 2.75) is 19.4 Å². The van der Waals surface area contributed by atoms with Crippen molar-refractivity contribution < 1.29 is 13.6 Å². The summed E-state index contributed by atoms with van der Waals surface area (Å²) in [5.74, 6) is -0.169. The van der Waals surface area contributed by atoms with Gasteiger partial charge in [-0.2, -0.15) is 0 Å². The van der Waals surface area contributed by atoms with Gasteiger partial charge < -0.3 is 9.32 Å². The van der Waals surface area contributed by atoms with Gasteiger partial charge in [-0.05, 0) is 60.0 Å². The van der Waals surface area contributed by atoms with E-state index >= 15 is 0 Å². The zero-order chi connectivity index (χ0) is 18.5. The summed E-state index contributed by atoms with van der Waals surface area (Å²) in [6.07, 6.45) is 0.842. The fraction of sp³-hybridized carbons (Fsp3) is 0.190. The molecule has 0 spiro atoms. The number of amides is 1. The summed E-state index contributed by atoms with van der Waals surface area (Å²) in [6, 6.07) is 10.5. The van der Waals surface area contributed by atoms with Crippen LogP contribution in [0.2, 0.25) is 0 Å². The molecule has 4 heterocycles. The summed E-state index contributed by atoms with van der Waals surface area (Å²) in [6.45, 7) is 2.46. The van der Waals surface area contributed by atoms with Gasteiger partial charge >= 0.3 is 0 Å². The van der Waals surface area contributed by atoms with Gasteiger partial charge in [0.05, 0.1) is 6.04 Å². The van der Waals surface area contributed by atoms with Crippen molar-refractivity contribution in [1.82, 2.24) is 4.90 Å². The standard InChI is InChI=1S/C21H16FNO2S2/c1-12-15-11-13(22)4-5-16(15)25-20(12)21(24)23-8-6-17-14(7-10-27-17)19(23)18-3-2-9-26-18/h2-5,7,9-11,19H,6,8H2,1H3/t19-/m1/s1. The minimum atomic E-state index is -0.331. The van der Waals surface area contributed by atoms with Crippen molar-refractivity contribution in [1.29, 1.82) is 0 Å². The van der Waals surface area contributed by atoms with Crippen LogP contribution in [0.4, 0.5) is 4.39 Å². The van der Waals surface area contributed by atoms with Gasteiger partial charge in [0.1, 0.15) is 11.4 Å². The fourth-order valence-electron chi connectivity index (χ4n) is 3.82. The first-order chi connectivity index (χ1) is 13.1. The molecule has 0 saturated carbocycles. The highest BCUT2D eigenvalue weighted by Crippen LogP contribution is 2.41. The number of carbonyl (C=O) groups is 1. The van der Waals surface area contributed by atoms with Crippen LogP contribution in [0.15, 0.2) is 51.6 Å². The molecule has 136 valence electrons. The van der Waals surface area contributed by atoms with Gasteiger partial charge in [-0.1, -0.05) is 6.07 Å². The Kier molecular flexibility index (Phi) is 3.91. The van der Waals surface area contributed by atoms with Gasteiger partial charge in [-0.15, -0.1) is 22.7 Å². The number of thiophene rings is 2. The Hall–Kier alpha value is -2.44. The maximum absolute atomic E-state index is 13.6. The van der Waals surface area contributed by atoms with Crippen molar-refractivity contribution in [2.24, 2.45) is 0 Å². The molecule has 0 N–H and O–H groups in total. The van der Waals surface area contributed by atoms with Crippen LogP contribution < -0.4 is 0 Å². The van der Waals surface area contributed by atoms with E-state index in [0.717, 1.165) is 11.3 Å². The van der Waals surface area contributed by atoms with Gasteiger partial charge in [0.2, 0.25) is 0 Å². The lowest BCUT2D eigenvalue weighted by atomic mass is 9.98. The summed E-state index contributed by atoms with van der Waals surface area (Å²) >= 11 is 3.40. The third-order valence-corrected chi connectivity index (χ3v) is 7.05. The van der Waals surface area contributed by atoms with E-state index in [1.54, 1.807) is 28.7 Å². The van der Waals surface area contributed by atoms with Crippen LogP contribution in [0.5, 0.6) is 0 Å². The molecular weight excluding hydrogens is 381 g/mol. The van der Waals surface area contributed by atoms with Crippen LogP contribution >= 0.6 is 22.7 Å². The molecule has 0 bridgehead atoms. The summed E-state index contributed by atoms with van der Waals surface area (Å²) in [5, 5.41) is 4.78. The normalized spacial score (nSPS) is 16.7. The van der Waals surface area contributed by atoms with Gasteiger partial charge in [-0.3, -0.25) is 4.79 Å². The van der Waals surface area contributed by atoms with E-state index in [-0.39, 0.29) is 17.8 Å². The molecular formula is C21H16FNO2S2. The minimum absolute atomic E-state index is 0.100. The average molecular weight is 397 g/mol. The van der Waals surface area contributed by atoms with Crippen molar-refractivity contribution in [3.63, 3.8) is 0 Å². The Morgan fingerprint density at radius 2 is 2.11 bits per heavy atom. The molecule has 0 unspecified atom stereocenters. The van der Waals surface area contributed by atoms with Crippen LogP contribution in [0, 0.1) is 12.7 Å². The number of nitrogens with zero attached hydrogens (tertiary/aromatic N) is 1. The summed E-state index contributed by atoms with van der Waals surface area (Å²) in [7, 11) is 0. The summed E-state index contributed by atoms with van der Waals surface area (Å²) in [5.41, 5.74) is 2.43. The second-order valence-electron chi connectivity index (χ2n) is 6.66. The first kappa shape index (κ1) is 16.7. The number of halogens is 1. The molecule has 4 aromatic rings. The quantitative estimate of drug-likeness (QED) is 0.429. The molecule has 5 rings (SSSR count). The second-order valence-corrected chi connectivity index (χ2v) is 8.64. The van der Waals surface area contributed by atoms with Gasteiger partial charge in [0.25, 0.3) is 5.91 Å². The van der Waals surface area contributed by atoms with E-state index < -0.39 is 0 Å². The van der Waals surface area contributed by atoms with Crippen LogP contribution in [-0.2, 0) is 6.42 Å². The zero-order valence-electron chi connectivity index (χ0n) is 14.6. The molecule has 1 aliphatic heterocycles. The third-order valence-electron chi connectivity index (χ3n) is 5.13. The van der Waals surface area contributed by atoms with E-state index in [1.165, 1.54) is 22.6 Å². The SMILES string of the molecule is Cc1c(C(=O)N2CCc3sccc3[C@@H]2c2cccs2)oc2ccc(F)cc12. The van der Waals surface area contributed by atoms with E-state index in [1.807, 2.05) is 23.3 Å². The molecule has 3 nitrogen and oxygen atoms in total. The first-order valence-corrected chi connectivity index (χ1v) is 10.5. The van der Waals surface area contributed by atoms with Crippen molar-refractivity contribution in [3.8, 4) is 0 Å². The lowest BCUT2D eigenvalue weighted by molar-refractivity contribution is 0.0667. The van der Waals surface area contributed by atoms with Gasteiger partial charge in [-0.25, -0.2) is 4.39 Å². The highest BCUT2D eigenvalue weighted by molar-refractivity contribution is 7.10. The Morgan fingerprint density at radius 1 is 1.22 bits per heavy atom. The van der Waals surface area contributed by atoms with E-state index in [2.05, 4.69) is 17.5 Å². The van der Waals surface area contributed by atoms with Gasteiger partial charge in [0, 0.05) is 27.2 Å². The maximum Gasteiger partial charge on any atom is 0.290 e. The predicted molar refractivity (Wildman–Crippen MR) is 106 cm³/mol. The molecule has 3 aromatic heterocycles. The number of benzene rings is 1. The topological polar surface area (TPSA) is 33.5 Å². The Bertz CT molecular complexity index is 1140. The molecule has 1 aromatic carbocycles. The van der Waals surface area contributed by atoms with Crippen molar-refractivity contribution in [3.05, 3.63) is 79.6 Å². The number of hydrogen-bond acceptors (Lipinski definition) is 4. The molecule has 6 heteroatoms. The van der Waals surface area contributed by atoms with E-state index in [0.29, 0.717) is 28.8 Å². The highest BCUT2D eigenvalue weighted by atomic mass is 32.1. The number of carbonyl (C=O) groups excluding carboxylic acids is 1. The van der Waals surface area contributed by atoms with Crippen LogP contribution in [0.25, 0.3) is 11.0 Å². The lowest BCUT2D eigenvalue weighted by Gasteiger charge is -2.35. The second kappa shape index (κ2) is 6.32. The smallest absolute Gasteiger partial charge is 0.290 e. The Morgan fingerprint density at radius 3 is 2.93 bits per heavy atom. The average Bonchev–Trinajstić information content (AvgIpc) is 3.41. The zero-order valence-corrected chi connectivity index (χ0v) is 16.2. The number of hydrogen-bond donors (Lipinski definition) is 0. The molecule has 0 aliphatic carbocycles. The lowest BCUT2D eigenvalue weighted by Crippen LogP contribution is -2.39. The monoisotopic (exact) mass is 397 g/mol. The van der Waals surface area contributed by atoms with Crippen LogP contribution in [0.3, 0.4) is 0 Å². The fourth-order valence-corrected chi connectivity index (χ4v) is 5.57. The summed E-state index contributed by atoms with van der Waals surface area (Å²) in [4.78, 5) is 17.8. The number of rotatable bonds is 2. The molecule has 1 atom stereocenters. The van der Waals surface area contributed by atoms with E-state index in [4.69, 9.17) is 4.42 Å². The molecule has 1 amide bonds. The molecule has 27 heavy (non-hydrogen) atoms. The Labute approximate surface area is 163 Å². The van der Waals surface area contributed by atoms with Gasteiger partial charge in [0.15, 0.2) is 5.76 Å². The largest absolute Gasteiger partial charge is 0.451 e. The van der Waals surface area contributed by atoms with Crippen molar-refractivity contribution in [2.75, 3.05) is 6.54 Å². The minimum Gasteiger partial charge on any atom is -0.451 e. The number of fused-ring (bicyclic) bond motifs is 2. The summed E-state index contributed by atoms with van der Waals surface area (Å²) < 4.78 is 19.5.